The molecule has 2 atom stereocenters. The zero-order valence-corrected chi connectivity index (χ0v) is 14.6. The molecule has 124 valence electrons. The van der Waals surface area contributed by atoms with E-state index in [1.54, 1.807) is 19.2 Å². The third kappa shape index (κ3) is 4.51. The molecule has 1 fully saturated rings. The maximum Gasteiger partial charge on any atom is 0.225 e. The van der Waals surface area contributed by atoms with Crippen molar-refractivity contribution in [3.05, 3.63) is 28.8 Å². The number of nitrogens with two attached hydrogens (primary N) is 1. The first-order valence-corrected chi connectivity index (χ1v) is 7.71. The molecule has 2 rings (SSSR count). The molecule has 1 aromatic rings. The first-order chi connectivity index (χ1) is 9.94. The Kier molecular flexibility index (Phi) is 6.98. The molecule has 0 spiro atoms. The quantitative estimate of drug-likeness (QED) is 0.878. The van der Waals surface area contributed by atoms with Gasteiger partial charge in [0.05, 0.1) is 13.0 Å². The van der Waals surface area contributed by atoms with Crippen molar-refractivity contribution in [2.45, 2.75) is 44.7 Å². The van der Waals surface area contributed by atoms with E-state index >= 15 is 0 Å². The number of hydrogen-bond donors (Lipinski definition) is 2. The van der Waals surface area contributed by atoms with Gasteiger partial charge in [-0.2, -0.15) is 0 Å². The van der Waals surface area contributed by atoms with Crippen LogP contribution < -0.4 is 15.8 Å². The summed E-state index contributed by atoms with van der Waals surface area (Å²) in [5.41, 5.74) is 6.76. The Morgan fingerprint density at radius 3 is 2.86 bits per heavy atom. The average Bonchev–Trinajstić information content (AvgIpc) is 2.45. The molecule has 3 N–H and O–H groups in total. The van der Waals surface area contributed by atoms with Crippen LogP contribution in [-0.2, 0) is 11.3 Å². The van der Waals surface area contributed by atoms with Crippen LogP contribution in [-0.4, -0.2) is 18.6 Å². The minimum atomic E-state index is -0.410. The number of carbonyl (C=O) groups is 1. The van der Waals surface area contributed by atoms with E-state index in [1.165, 1.54) is 0 Å². The van der Waals surface area contributed by atoms with E-state index in [2.05, 4.69) is 5.32 Å². The summed E-state index contributed by atoms with van der Waals surface area (Å²) in [5.74, 6) is 0.586. The van der Waals surface area contributed by atoms with Gasteiger partial charge in [-0.15, -0.1) is 12.4 Å². The van der Waals surface area contributed by atoms with Crippen molar-refractivity contribution < 1.29 is 9.53 Å². The molecule has 1 saturated carbocycles. The van der Waals surface area contributed by atoms with Gasteiger partial charge >= 0.3 is 0 Å². The van der Waals surface area contributed by atoms with Crippen LogP contribution >= 0.6 is 24.0 Å². The minimum absolute atomic E-state index is 0. The Bertz CT molecular complexity index is 521. The zero-order valence-electron chi connectivity index (χ0n) is 13.0. The molecule has 0 aliphatic heterocycles. The van der Waals surface area contributed by atoms with Crippen molar-refractivity contribution in [3.63, 3.8) is 0 Å². The lowest BCUT2D eigenvalue weighted by Crippen LogP contribution is -2.52. The Balaban J connectivity index is 0.00000242. The molecule has 0 saturated heterocycles. The van der Waals surface area contributed by atoms with E-state index < -0.39 is 5.54 Å². The van der Waals surface area contributed by atoms with Gasteiger partial charge in [-0.05, 0) is 31.9 Å². The molecule has 1 aliphatic carbocycles. The topological polar surface area (TPSA) is 64.3 Å². The molecule has 1 aromatic carbocycles. The smallest absolute Gasteiger partial charge is 0.225 e. The Labute approximate surface area is 143 Å². The summed E-state index contributed by atoms with van der Waals surface area (Å²) in [4.78, 5) is 12.4. The van der Waals surface area contributed by atoms with Crippen LogP contribution in [0.4, 0.5) is 0 Å². The van der Waals surface area contributed by atoms with Crippen LogP contribution in [0.15, 0.2) is 18.2 Å². The predicted octanol–water partition coefficient (Wildman–Crippen LogP) is 3.29. The van der Waals surface area contributed by atoms with E-state index in [9.17, 15) is 4.79 Å². The highest BCUT2D eigenvalue weighted by molar-refractivity contribution is 6.30. The predicted molar refractivity (Wildman–Crippen MR) is 91.6 cm³/mol. The summed E-state index contributed by atoms with van der Waals surface area (Å²) >= 11 is 5.93. The van der Waals surface area contributed by atoms with Gasteiger partial charge in [-0.1, -0.05) is 30.5 Å². The Morgan fingerprint density at radius 1 is 1.50 bits per heavy atom. The standard InChI is InChI=1S/C16H23ClN2O2.ClH/c1-16(18)8-4-3-5-13(16)15(20)19-10-11-6-7-12(17)9-14(11)21-2;/h6-7,9,13H,3-5,8,10,18H2,1-2H3,(H,19,20);1H. The number of methoxy groups -OCH3 is 1. The lowest BCUT2D eigenvalue weighted by atomic mass is 9.74. The van der Waals surface area contributed by atoms with Crippen molar-refractivity contribution in [3.8, 4) is 5.75 Å². The van der Waals surface area contributed by atoms with Crippen molar-refractivity contribution >= 4 is 29.9 Å². The lowest BCUT2D eigenvalue weighted by molar-refractivity contribution is -0.128. The molecule has 1 amide bonds. The van der Waals surface area contributed by atoms with Crippen molar-refractivity contribution in [2.75, 3.05) is 7.11 Å². The highest BCUT2D eigenvalue weighted by atomic mass is 35.5. The largest absolute Gasteiger partial charge is 0.496 e. The van der Waals surface area contributed by atoms with Gasteiger partial charge in [0.25, 0.3) is 0 Å². The first kappa shape index (κ1) is 19.1. The van der Waals surface area contributed by atoms with Crippen LogP contribution in [0.5, 0.6) is 5.75 Å². The van der Waals surface area contributed by atoms with E-state index in [0.29, 0.717) is 17.3 Å². The van der Waals surface area contributed by atoms with Gasteiger partial charge in [0.15, 0.2) is 0 Å². The van der Waals surface area contributed by atoms with E-state index in [-0.39, 0.29) is 24.2 Å². The highest BCUT2D eigenvalue weighted by Crippen LogP contribution is 2.32. The van der Waals surface area contributed by atoms with Gasteiger partial charge in [0.1, 0.15) is 5.75 Å². The van der Waals surface area contributed by atoms with Crippen LogP contribution in [0, 0.1) is 5.92 Å². The second-order valence-corrected chi connectivity index (χ2v) is 6.41. The fraction of sp³-hybridized carbons (Fsp3) is 0.562. The van der Waals surface area contributed by atoms with Crippen LogP contribution in [0.25, 0.3) is 0 Å². The monoisotopic (exact) mass is 346 g/mol. The summed E-state index contributed by atoms with van der Waals surface area (Å²) in [6, 6.07) is 5.40. The summed E-state index contributed by atoms with van der Waals surface area (Å²) in [6.07, 6.45) is 3.92. The summed E-state index contributed by atoms with van der Waals surface area (Å²) in [6.45, 7) is 2.39. The number of rotatable bonds is 4. The van der Waals surface area contributed by atoms with Crippen LogP contribution in [0.2, 0.25) is 5.02 Å². The number of amides is 1. The first-order valence-electron chi connectivity index (χ1n) is 7.33. The maximum absolute atomic E-state index is 12.4. The van der Waals surface area contributed by atoms with E-state index in [1.807, 2.05) is 13.0 Å². The molecular weight excluding hydrogens is 323 g/mol. The summed E-state index contributed by atoms with van der Waals surface area (Å²) < 4.78 is 5.28. The number of carbonyl (C=O) groups excluding carboxylic acids is 1. The SMILES string of the molecule is COc1cc(Cl)ccc1CNC(=O)C1CCCCC1(C)N.Cl. The van der Waals surface area contributed by atoms with Crippen LogP contribution in [0.1, 0.15) is 38.2 Å². The Morgan fingerprint density at radius 2 is 2.23 bits per heavy atom. The Hall–Kier alpha value is -0.970. The second-order valence-electron chi connectivity index (χ2n) is 5.98. The molecular formula is C16H24Cl2N2O2. The van der Waals surface area contributed by atoms with Crippen molar-refractivity contribution in [2.24, 2.45) is 11.7 Å². The molecule has 0 heterocycles. The molecule has 1 aliphatic rings. The third-order valence-corrected chi connectivity index (χ3v) is 4.51. The maximum atomic E-state index is 12.4. The van der Waals surface area contributed by atoms with Crippen molar-refractivity contribution in [1.82, 2.24) is 5.32 Å². The lowest BCUT2D eigenvalue weighted by Gasteiger charge is -2.37. The molecule has 2 unspecified atom stereocenters. The van der Waals surface area contributed by atoms with E-state index in [0.717, 1.165) is 31.2 Å². The number of ether oxygens (including phenoxy) is 1. The molecule has 0 bridgehead atoms. The number of hydrogen-bond acceptors (Lipinski definition) is 3. The van der Waals surface area contributed by atoms with E-state index in [4.69, 9.17) is 22.1 Å². The zero-order chi connectivity index (χ0) is 15.5. The summed E-state index contributed by atoms with van der Waals surface area (Å²) in [5, 5.41) is 3.59. The van der Waals surface area contributed by atoms with Crippen LogP contribution in [0.3, 0.4) is 0 Å². The number of halogens is 2. The van der Waals surface area contributed by atoms with Gasteiger partial charge in [-0.3, -0.25) is 4.79 Å². The molecule has 22 heavy (non-hydrogen) atoms. The normalized spacial score (nSPS) is 24.3. The fourth-order valence-corrected chi connectivity index (χ4v) is 3.12. The number of benzene rings is 1. The molecule has 0 radical (unpaired) electrons. The second kappa shape index (κ2) is 8.04. The van der Waals surface area contributed by atoms with Gasteiger partial charge in [0.2, 0.25) is 5.91 Å². The van der Waals surface area contributed by atoms with Crippen molar-refractivity contribution in [1.29, 1.82) is 0 Å². The molecule has 0 aromatic heterocycles. The van der Waals surface area contributed by atoms with Gasteiger partial charge < -0.3 is 15.8 Å². The minimum Gasteiger partial charge on any atom is -0.496 e. The molecule has 6 heteroatoms. The van der Waals surface area contributed by atoms with Gasteiger partial charge in [-0.25, -0.2) is 0 Å². The highest BCUT2D eigenvalue weighted by Gasteiger charge is 2.37. The fourth-order valence-electron chi connectivity index (χ4n) is 2.96. The number of nitrogens with one attached hydrogen (secondary N) is 1. The average molecular weight is 347 g/mol. The molecule has 4 nitrogen and oxygen atoms in total. The third-order valence-electron chi connectivity index (χ3n) is 4.27. The summed E-state index contributed by atoms with van der Waals surface area (Å²) in [7, 11) is 1.59. The van der Waals surface area contributed by atoms with Gasteiger partial charge in [0, 0.05) is 22.7 Å².